The Bertz CT molecular complexity index is 462. The first-order valence-electron chi connectivity index (χ1n) is 7.69. The molecule has 3 nitrogen and oxygen atoms in total. The molecule has 0 spiro atoms. The van der Waals surface area contributed by atoms with Gasteiger partial charge < -0.3 is 0 Å². The molecule has 106 valence electrons. The summed E-state index contributed by atoms with van der Waals surface area (Å²) in [5, 5.41) is 4.77. The van der Waals surface area contributed by atoms with Gasteiger partial charge in [0, 0.05) is 5.69 Å². The highest BCUT2D eigenvalue weighted by atomic mass is 16.1. The van der Waals surface area contributed by atoms with Crippen LogP contribution in [0.4, 0.5) is 0 Å². The third-order valence-electron chi connectivity index (χ3n) is 4.36. The van der Waals surface area contributed by atoms with Crippen LogP contribution < -0.4 is 0 Å². The average molecular weight is 262 g/mol. The van der Waals surface area contributed by atoms with Gasteiger partial charge in [0.2, 0.25) is 0 Å². The lowest BCUT2D eigenvalue weighted by atomic mass is 9.87. The van der Waals surface area contributed by atoms with Crippen LogP contribution in [0.1, 0.15) is 81.2 Å². The van der Waals surface area contributed by atoms with Crippen molar-refractivity contribution in [1.29, 1.82) is 0 Å². The molecular formula is C16H26N2O. The lowest BCUT2D eigenvalue weighted by Gasteiger charge is -2.28. The van der Waals surface area contributed by atoms with Gasteiger partial charge in [-0.2, -0.15) is 5.10 Å². The molecule has 0 amide bonds. The van der Waals surface area contributed by atoms with E-state index in [9.17, 15) is 4.79 Å². The molecule has 1 aliphatic carbocycles. The van der Waals surface area contributed by atoms with E-state index in [1.807, 2.05) is 0 Å². The van der Waals surface area contributed by atoms with Crippen molar-refractivity contribution < 1.29 is 4.79 Å². The third kappa shape index (κ3) is 2.75. The van der Waals surface area contributed by atoms with Crippen LogP contribution in [-0.2, 0) is 12.8 Å². The van der Waals surface area contributed by atoms with E-state index in [-0.39, 0.29) is 5.78 Å². The van der Waals surface area contributed by atoms with Gasteiger partial charge in [0.05, 0.1) is 17.3 Å². The molecule has 0 N–H and O–H groups in total. The van der Waals surface area contributed by atoms with Crippen molar-refractivity contribution in [3.63, 3.8) is 0 Å². The van der Waals surface area contributed by atoms with Crippen molar-refractivity contribution in [3.05, 3.63) is 17.0 Å². The number of nitrogens with zero attached hydrogens (tertiary/aromatic N) is 2. The van der Waals surface area contributed by atoms with Gasteiger partial charge in [-0.05, 0) is 38.5 Å². The number of ketones is 1. The molecule has 1 fully saturated rings. The van der Waals surface area contributed by atoms with E-state index in [0.29, 0.717) is 6.04 Å². The predicted molar refractivity (Wildman–Crippen MR) is 77.7 cm³/mol. The molecule has 1 aliphatic rings. The third-order valence-corrected chi connectivity index (χ3v) is 4.36. The van der Waals surface area contributed by atoms with E-state index in [1.54, 1.807) is 6.92 Å². The Morgan fingerprint density at radius 1 is 1.32 bits per heavy atom. The highest BCUT2D eigenvalue weighted by molar-refractivity contribution is 5.96. The molecule has 0 bridgehead atoms. The smallest absolute Gasteiger partial charge is 0.163 e. The second kappa shape index (κ2) is 5.89. The van der Waals surface area contributed by atoms with E-state index >= 15 is 0 Å². The first-order valence-corrected chi connectivity index (χ1v) is 7.69. The van der Waals surface area contributed by atoms with Crippen molar-refractivity contribution in [2.24, 2.45) is 5.92 Å². The van der Waals surface area contributed by atoms with Gasteiger partial charge in [-0.15, -0.1) is 0 Å². The molecule has 0 radical (unpaired) electrons. The second-order valence-corrected chi connectivity index (χ2v) is 5.90. The molecular weight excluding hydrogens is 236 g/mol. The first-order chi connectivity index (χ1) is 9.08. The maximum absolute atomic E-state index is 11.9. The van der Waals surface area contributed by atoms with Gasteiger partial charge in [0.15, 0.2) is 5.78 Å². The van der Waals surface area contributed by atoms with Crippen LogP contribution in [0.25, 0.3) is 0 Å². The molecule has 1 aromatic heterocycles. The maximum Gasteiger partial charge on any atom is 0.163 e. The minimum Gasteiger partial charge on any atom is -0.294 e. The molecule has 1 aromatic rings. The molecule has 3 heteroatoms. The number of aryl methyl sites for hydroxylation is 1. The molecule has 0 saturated heterocycles. The fourth-order valence-corrected chi connectivity index (χ4v) is 3.44. The molecule has 0 aliphatic heterocycles. The summed E-state index contributed by atoms with van der Waals surface area (Å²) >= 11 is 0. The number of hydrogen-bond donors (Lipinski definition) is 0. The Hall–Kier alpha value is -1.12. The zero-order chi connectivity index (χ0) is 14.0. The van der Waals surface area contributed by atoms with Crippen LogP contribution in [0.3, 0.4) is 0 Å². The molecule has 1 heterocycles. The van der Waals surface area contributed by atoms with Gasteiger partial charge in [0.25, 0.3) is 0 Å². The fraction of sp³-hybridized carbons (Fsp3) is 0.750. The van der Waals surface area contributed by atoms with E-state index in [4.69, 9.17) is 5.10 Å². The number of rotatable bonds is 4. The molecule has 2 atom stereocenters. The number of carbonyl (C=O) groups is 1. The lowest BCUT2D eigenvalue weighted by Crippen LogP contribution is -2.20. The van der Waals surface area contributed by atoms with Crippen LogP contribution >= 0.6 is 0 Å². The van der Waals surface area contributed by atoms with Crippen molar-refractivity contribution in [2.75, 3.05) is 0 Å². The van der Waals surface area contributed by atoms with E-state index in [1.165, 1.54) is 25.7 Å². The van der Waals surface area contributed by atoms with Crippen LogP contribution in [0.2, 0.25) is 0 Å². The Morgan fingerprint density at radius 2 is 2.05 bits per heavy atom. The highest BCUT2D eigenvalue weighted by Crippen LogP contribution is 2.34. The summed E-state index contributed by atoms with van der Waals surface area (Å²) in [5.41, 5.74) is 3.04. The molecule has 2 rings (SSSR count). The van der Waals surface area contributed by atoms with Gasteiger partial charge >= 0.3 is 0 Å². The Morgan fingerprint density at radius 3 is 2.58 bits per heavy atom. The number of Topliss-reactive ketones (excluding diaryl/α,β-unsaturated/α-hetero) is 1. The Balaban J connectivity index is 2.42. The van der Waals surface area contributed by atoms with Crippen molar-refractivity contribution in [3.8, 4) is 0 Å². The average Bonchev–Trinajstić information content (AvgIpc) is 2.77. The van der Waals surface area contributed by atoms with E-state index < -0.39 is 0 Å². The van der Waals surface area contributed by atoms with Crippen LogP contribution in [0.15, 0.2) is 0 Å². The van der Waals surface area contributed by atoms with Gasteiger partial charge in [-0.25, -0.2) is 0 Å². The van der Waals surface area contributed by atoms with Crippen molar-refractivity contribution in [2.45, 2.75) is 72.3 Å². The Kier molecular flexibility index (Phi) is 4.43. The van der Waals surface area contributed by atoms with Gasteiger partial charge in [0.1, 0.15) is 0 Å². The van der Waals surface area contributed by atoms with E-state index in [0.717, 1.165) is 35.7 Å². The quantitative estimate of drug-likeness (QED) is 0.770. The predicted octanol–water partition coefficient (Wildman–Crippen LogP) is 3.96. The minimum absolute atomic E-state index is 0.170. The number of hydrogen-bond acceptors (Lipinski definition) is 2. The first kappa shape index (κ1) is 14.3. The van der Waals surface area contributed by atoms with E-state index in [2.05, 4.69) is 25.5 Å². The maximum atomic E-state index is 11.9. The number of aromatic nitrogens is 2. The number of carbonyl (C=O) groups excluding carboxylic acids is 1. The lowest BCUT2D eigenvalue weighted by molar-refractivity contribution is 0.101. The summed E-state index contributed by atoms with van der Waals surface area (Å²) in [6, 6.07) is 0.497. The van der Waals surface area contributed by atoms with Crippen LogP contribution in [-0.4, -0.2) is 15.6 Å². The summed E-state index contributed by atoms with van der Waals surface area (Å²) in [4.78, 5) is 11.9. The van der Waals surface area contributed by atoms with Crippen molar-refractivity contribution in [1.82, 2.24) is 9.78 Å². The summed E-state index contributed by atoms with van der Waals surface area (Å²) < 4.78 is 2.19. The Labute approximate surface area is 116 Å². The molecule has 2 unspecified atom stereocenters. The second-order valence-electron chi connectivity index (χ2n) is 5.90. The van der Waals surface area contributed by atoms with Crippen LogP contribution in [0, 0.1) is 5.92 Å². The van der Waals surface area contributed by atoms with Gasteiger partial charge in [-0.3, -0.25) is 9.48 Å². The largest absolute Gasteiger partial charge is 0.294 e. The standard InChI is InChI=1S/C16H26N2O/c1-5-14-16(12(4)19)15(6-2)18(17-14)13-9-7-8-11(3)10-13/h11,13H,5-10H2,1-4H3. The van der Waals surface area contributed by atoms with Gasteiger partial charge in [-0.1, -0.05) is 33.6 Å². The SMILES string of the molecule is CCc1nn(C2CCCC(C)C2)c(CC)c1C(C)=O. The van der Waals surface area contributed by atoms with Crippen molar-refractivity contribution >= 4 is 5.78 Å². The molecule has 0 aromatic carbocycles. The van der Waals surface area contributed by atoms with Crippen LogP contribution in [0.5, 0.6) is 0 Å². The fourth-order valence-electron chi connectivity index (χ4n) is 3.44. The summed E-state index contributed by atoms with van der Waals surface area (Å²) in [7, 11) is 0. The molecule has 1 saturated carbocycles. The zero-order valence-corrected chi connectivity index (χ0v) is 12.7. The highest BCUT2D eigenvalue weighted by Gasteiger charge is 2.26. The summed E-state index contributed by atoms with van der Waals surface area (Å²) in [5.74, 6) is 0.947. The monoisotopic (exact) mass is 262 g/mol. The topological polar surface area (TPSA) is 34.9 Å². The summed E-state index contributed by atoms with van der Waals surface area (Å²) in [6.07, 6.45) is 6.77. The normalized spacial score (nSPS) is 23.6. The zero-order valence-electron chi connectivity index (χ0n) is 12.7. The molecule has 19 heavy (non-hydrogen) atoms. The summed E-state index contributed by atoms with van der Waals surface area (Å²) in [6.45, 7) is 8.21. The minimum atomic E-state index is 0.170.